The molecule has 27 heavy (non-hydrogen) atoms. The van der Waals surface area contributed by atoms with Gasteiger partial charge < -0.3 is 24.5 Å². The molecule has 0 aliphatic rings. The van der Waals surface area contributed by atoms with Crippen LogP contribution in [0.25, 0.3) is 11.2 Å². The van der Waals surface area contributed by atoms with Gasteiger partial charge in [0.25, 0.3) is 0 Å². The summed E-state index contributed by atoms with van der Waals surface area (Å²) in [4.78, 5) is 28.0. The van der Waals surface area contributed by atoms with Gasteiger partial charge in [0.2, 0.25) is 11.7 Å². The van der Waals surface area contributed by atoms with Crippen LogP contribution in [0.1, 0.15) is 6.92 Å². The Morgan fingerprint density at radius 2 is 1.81 bits per heavy atom. The number of methoxy groups -OCH3 is 3. The van der Waals surface area contributed by atoms with E-state index in [4.69, 9.17) is 14.2 Å². The highest BCUT2D eigenvalue weighted by atomic mass is 32.2. The second-order valence-electron chi connectivity index (χ2n) is 5.44. The number of aromatic nitrogens is 4. The summed E-state index contributed by atoms with van der Waals surface area (Å²) in [5.41, 5.74) is 1.80. The van der Waals surface area contributed by atoms with Crippen molar-refractivity contribution in [2.24, 2.45) is 0 Å². The molecule has 0 radical (unpaired) electrons. The summed E-state index contributed by atoms with van der Waals surface area (Å²) in [6.07, 6.45) is 2.97. The van der Waals surface area contributed by atoms with E-state index in [-0.39, 0.29) is 5.91 Å². The number of aromatic amines is 1. The SMILES string of the molecule is COc1cc(NC(=O)C(C)Sc2ncnc3nc[nH]c23)cc(OC)c1OC. The lowest BCUT2D eigenvalue weighted by Gasteiger charge is -2.16. The molecular weight excluding hydrogens is 370 g/mol. The van der Waals surface area contributed by atoms with Crippen LogP contribution in [0.15, 0.2) is 29.8 Å². The van der Waals surface area contributed by atoms with Crippen LogP contribution >= 0.6 is 11.8 Å². The van der Waals surface area contributed by atoms with E-state index >= 15 is 0 Å². The third kappa shape index (κ3) is 3.90. The van der Waals surface area contributed by atoms with Crippen molar-refractivity contribution in [2.75, 3.05) is 26.6 Å². The Morgan fingerprint density at radius 3 is 2.44 bits per heavy atom. The van der Waals surface area contributed by atoms with Crippen LogP contribution in [-0.4, -0.2) is 52.4 Å². The first-order chi connectivity index (χ1) is 13.1. The molecule has 0 fully saturated rings. The highest BCUT2D eigenvalue weighted by Crippen LogP contribution is 2.40. The van der Waals surface area contributed by atoms with Crippen LogP contribution in [0.3, 0.4) is 0 Å². The molecule has 1 aromatic carbocycles. The van der Waals surface area contributed by atoms with Crippen LogP contribution in [0.5, 0.6) is 17.2 Å². The van der Waals surface area contributed by atoms with Crippen molar-refractivity contribution in [3.8, 4) is 17.2 Å². The summed E-state index contributed by atoms with van der Waals surface area (Å²) >= 11 is 1.31. The van der Waals surface area contributed by atoms with Crippen molar-refractivity contribution in [2.45, 2.75) is 17.2 Å². The predicted octanol–water partition coefficient (Wildman–Crippen LogP) is 2.50. The van der Waals surface area contributed by atoms with Crippen LogP contribution in [0.4, 0.5) is 5.69 Å². The summed E-state index contributed by atoms with van der Waals surface area (Å²) < 4.78 is 15.9. The summed E-state index contributed by atoms with van der Waals surface area (Å²) in [6, 6.07) is 3.35. The van der Waals surface area contributed by atoms with Gasteiger partial charge in [0, 0.05) is 17.8 Å². The summed E-state index contributed by atoms with van der Waals surface area (Å²) in [5, 5.41) is 3.11. The molecule has 2 N–H and O–H groups in total. The number of nitrogens with one attached hydrogen (secondary N) is 2. The second kappa shape index (κ2) is 8.12. The predicted molar refractivity (Wildman–Crippen MR) is 102 cm³/mol. The molecule has 10 heteroatoms. The van der Waals surface area contributed by atoms with E-state index in [0.717, 1.165) is 0 Å². The van der Waals surface area contributed by atoms with Crippen molar-refractivity contribution >= 4 is 34.5 Å². The molecule has 3 rings (SSSR count). The molecule has 0 saturated carbocycles. The number of H-pyrrole nitrogens is 1. The maximum Gasteiger partial charge on any atom is 0.237 e. The standard InChI is InChI=1S/C17H19N5O4S/c1-9(27-17-13-15(19-7-18-13)20-8-21-17)16(23)22-10-5-11(24-2)14(26-4)12(6-10)25-3/h5-9H,1-4H3,(H,22,23)(H,18,19,20,21). The van der Waals surface area contributed by atoms with Crippen LogP contribution in [0.2, 0.25) is 0 Å². The van der Waals surface area contributed by atoms with Crippen LogP contribution in [-0.2, 0) is 4.79 Å². The highest BCUT2D eigenvalue weighted by molar-refractivity contribution is 8.00. The van der Waals surface area contributed by atoms with Gasteiger partial charge in [0.05, 0.1) is 32.9 Å². The summed E-state index contributed by atoms with van der Waals surface area (Å²) in [5.74, 6) is 1.19. The Hall–Kier alpha value is -3.01. The Morgan fingerprint density at radius 1 is 1.11 bits per heavy atom. The molecule has 0 saturated heterocycles. The van der Waals surface area contributed by atoms with E-state index in [0.29, 0.717) is 39.1 Å². The third-order valence-electron chi connectivity index (χ3n) is 3.78. The number of hydrogen-bond acceptors (Lipinski definition) is 8. The molecule has 0 aliphatic heterocycles. The van der Waals surface area contributed by atoms with E-state index < -0.39 is 5.25 Å². The number of carbonyl (C=O) groups is 1. The Labute approximate surface area is 159 Å². The van der Waals surface area contributed by atoms with Crippen molar-refractivity contribution in [3.63, 3.8) is 0 Å². The van der Waals surface area contributed by atoms with Crippen LogP contribution < -0.4 is 19.5 Å². The van der Waals surface area contributed by atoms with E-state index in [1.165, 1.54) is 39.4 Å². The average Bonchev–Trinajstić information content (AvgIpc) is 3.16. The van der Waals surface area contributed by atoms with Gasteiger partial charge in [0.1, 0.15) is 16.9 Å². The molecule has 1 amide bonds. The van der Waals surface area contributed by atoms with E-state index in [1.54, 1.807) is 25.4 Å². The van der Waals surface area contributed by atoms with Crippen molar-refractivity contribution in [1.29, 1.82) is 0 Å². The smallest absolute Gasteiger partial charge is 0.237 e. The Kier molecular flexibility index (Phi) is 5.65. The Balaban J connectivity index is 1.77. The first kappa shape index (κ1) is 18.8. The summed E-state index contributed by atoms with van der Waals surface area (Å²) in [7, 11) is 4.56. The molecule has 0 aliphatic carbocycles. The highest BCUT2D eigenvalue weighted by Gasteiger charge is 2.20. The fraction of sp³-hybridized carbons (Fsp3) is 0.294. The molecule has 3 aromatic rings. The number of ether oxygens (including phenoxy) is 3. The quantitative estimate of drug-likeness (QED) is 0.468. The first-order valence-corrected chi connectivity index (χ1v) is 8.87. The van der Waals surface area contributed by atoms with Gasteiger partial charge in [-0.05, 0) is 6.92 Å². The lowest BCUT2D eigenvalue weighted by molar-refractivity contribution is -0.115. The number of fused-ring (bicyclic) bond motifs is 1. The zero-order chi connectivity index (χ0) is 19.4. The van der Waals surface area contributed by atoms with Crippen molar-refractivity contribution in [1.82, 2.24) is 19.9 Å². The average molecular weight is 389 g/mol. The van der Waals surface area contributed by atoms with Gasteiger partial charge in [0.15, 0.2) is 17.1 Å². The molecule has 0 spiro atoms. The third-order valence-corrected chi connectivity index (χ3v) is 4.88. The zero-order valence-electron chi connectivity index (χ0n) is 15.3. The molecule has 0 bridgehead atoms. The van der Waals surface area contributed by atoms with Gasteiger partial charge in [-0.25, -0.2) is 15.0 Å². The number of hydrogen-bond donors (Lipinski definition) is 2. The maximum atomic E-state index is 12.6. The molecule has 1 unspecified atom stereocenters. The van der Waals surface area contributed by atoms with E-state index in [1.807, 2.05) is 0 Å². The lowest BCUT2D eigenvalue weighted by atomic mass is 10.2. The molecular formula is C17H19N5O4S. The number of imidazole rings is 1. The summed E-state index contributed by atoms with van der Waals surface area (Å²) in [6.45, 7) is 1.79. The fourth-order valence-electron chi connectivity index (χ4n) is 2.45. The van der Waals surface area contributed by atoms with Crippen molar-refractivity contribution in [3.05, 3.63) is 24.8 Å². The number of thioether (sulfide) groups is 1. The number of rotatable bonds is 7. The fourth-order valence-corrected chi connectivity index (χ4v) is 3.33. The molecule has 2 aromatic heterocycles. The second-order valence-corrected chi connectivity index (χ2v) is 6.77. The topological polar surface area (TPSA) is 111 Å². The molecule has 9 nitrogen and oxygen atoms in total. The first-order valence-electron chi connectivity index (χ1n) is 7.99. The number of amides is 1. The van der Waals surface area contributed by atoms with Gasteiger partial charge in [-0.3, -0.25) is 4.79 Å². The van der Waals surface area contributed by atoms with Crippen molar-refractivity contribution < 1.29 is 19.0 Å². The van der Waals surface area contributed by atoms with Gasteiger partial charge >= 0.3 is 0 Å². The number of nitrogens with zero attached hydrogens (tertiary/aromatic N) is 3. The van der Waals surface area contributed by atoms with Crippen LogP contribution in [0, 0.1) is 0 Å². The minimum absolute atomic E-state index is 0.194. The largest absolute Gasteiger partial charge is 0.493 e. The monoisotopic (exact) mass is 389 g/mol. The normalized spacial score (nSPS) is 11.9. The Bertz CT molecular complexity index is 936. The van der Waals surface area contributed by atoms with E-state index in [2.05, 4.69) is 25.3 Å². The molecule has 142 valence electrons. The zero-order valence-corrected chi connectivity index (χ0v) is 16.1. The molecule has 1 atom stereocenters. The van der Waals surface area contributed by atoms with Gasteiger partial charge in [-0.1, -0.05) is 11.8 Å². The van der Waals surface area contributed by atoms with Gasteiger partial charge in [-0.15, -0.1) is 0 Å². The van der Waals surface area contributed by atoms with E-state index in [9.17, 15) is 4.79 Å². The molecule has 2 heterocycles. The number of benzene rings is 1. The minimum atomic E-state index is -0.412. The minimum Gasteiger partial charge on any atom is -0.493 e. The number of carbonyl (C=O) groups excluding carboxylic acids is 1. The number of anilines is 1. The lowest BCUT2D eigenvalue weighted by Crippen LogP contribution is -2.22. The maximum absolute atomic E-state index is 12.6. The van der Waals surface area contributed by atoms with Gasteiger partial charge in [-0.2, -0.15) is 0 Å².